The van der Waals surface area contributed by atoms with E-state index in [1.165, 1.54) is 22.5 Å². The molecule has 0 spiro atoms. The van der Waals surface area contributed by atoms with Crippen molar-refractivity contribution in [1.29, 1.82) is 0 Å². The fourth-order valence-corrected chi connectivity index (χ4v) is 2.19. The van der Waals surface area contributed by atoms with Gasteiger partial charge in [0.25, 0.3) is 0 Å². The van der Waals surface area contributed by atoms with E-state index in [2.05, 4.69) is 72.7 Å². The molecule has 2 aliphatic rings. The van der Waals surface area contributed by atoms with Crippen molar-refractivity contribution in [1.82, 2.24) is 5.01 Å². The summed E-state index contributed by atoms with van der Waals surface area (Å²) in [6.07, 6.45) is 10.6. The van der Waals surface area contributed by atoms with E-state index in [4.69, 9.17) is 0 Å². The van der Waals surface area contributed by atoms with E-state index in [1.54, 1.807) is 0 Å². The second kappa shape index (κ2) is 3.27. The molecule has 0 bridgehead atoms. The number of aryl methyl sites for hydroxylation is 1. The van der Waals surface area contributed by atoms with E-state index < -0.39 is 0 Å². The van der Waals surface area contributed by atoms with Crippen molar-refractivity contribution in [3.05, 3.63) is 59.6 Å². The van der Waals surface area contributed by atoms with Gasteiger partial charge in [0, 0.05) is 23.7 Å². The Balaban J connectivity index is 2.17. The van der Waals surface area contributed by atoms with Crippen LogP contribution in [-0.4, -0.2) is 5.01 Å². The Hall–Kier alpha value is -1.96. The molecule has 1 aromatic rings. The van der Waals surface area contributed by atoms with Crippen LogP contribution in [0, 0.1) is 6.92 Å². The van der Waals surface area contributed by atoms with Crippen LogP contribution in [0.5, 0.6) is 0 Å². The monoisotopic (exact) mass is 210 g/mol. The Morgan fingerprint density at radius 1 is 1.00 bits per heavy atom. The summed E-state index contributed by atoms with van der Waals surface area (Å²) >= 11 is 0. The lowest BCUT2D eigenvalue weighted by molar-refractivity contribution is 0.463. The summed E-state index contributed by atoms with van der Waals surface area (Å²) in [4.78, 5) is 0. The van der Waals surface area contributed by atoms with Gasteiger partial charge in [-0.1, -0.05) is 12.1 Å². The van der Waals surface area contributed by atoms with Crippen molar-refractivity contribution in [2.24, 2.45) is 0 Å². The van der Waals surface area contributed by atoms with Gasteiger partial charge in [0.1, 0.15) is 0 Å². The van der Waals surface area contributed by atoms with Crippen LogP contribution in [0.1, 0.15) is 18.1 Å². The van der Waals surface area contributed by atoms with Gasteiger partial charge in [0.2, 0.25) is 0 Å². The SMILES string of the molecule is CC1=CC=CN2c3cccc(C)c3C=CN12. The van der Waals surface area contributed by atoms with Crippen molar-refractivity contribution in [3.8, 4) is 0 Å². The van der Waals surface area contributed by atoms with Crippen LogP contribution < -0.4 is 5.01 Å². The van der Waals surface area contributed by atoms with E-state index in [9.17, 15) is 0 Å². The second-order valence-corrected chi connectivity index (χ2v) is 4.16. The van der Waals surface area contributed by atoms with Crippen molar-refractivity contribution in [2.75, 3.05) is 5.01 Å². The lowest BCUT2D eigenvalue weighted by Crippen LogP contribution is -2.37. The lowest BCUT2D eigenvalue weighted by atomic mass is 10.0. The molecule has 0 N–H and O–H groups in total. The number of allylic oxidation sites excluding steroid dienone is 3. The van der Waals surface area contributed by atoms with Crippen molar-refractivity contribution in [2.45, 2.75) is 13.8 Å². The molecule has 0 amide bonds. The number of hydrazine groups is 1. The van der Waals surface area contributed by atoms with Gasteiger partial charge in [-0.05, 0) is 43.7 Å². The van der Waals surface area contributed by atoms with E-state index in [0.717, 1.165) is 0 Å². The molecular formula is C14H14N2. The molecule has 80 valence electrons. The predicted octanol–water partition coefficient (Wildman–Crippen LogP) is 3.43. The van der Waals surface area contributed by atoms with Crippen LogP contribution in [0.15, 0.2) is 48.4 Å². The highest BCUT2D eigenvalue weighted by atomic mass is 15.6. The predicted molar refractivity (Wildman–Crippen MR) is 67.4 cm³/mol. The smallest absolute Gasteiger partial charge is 0.0705 e. The van der Waals surface area contributed by atoms with Crippen LogP contribution in [0.3, 0.4) is 0 Å². The first-order valence-corrected chi connectivity index (χ1v) is 5.48. The van der Waals surface area contributed by atoms with Gasteiger partial charge in [-0.25, -0.2) is 0 Å². The van der Waals surface area contributed by atoms with E-state index in [-0.39, 0.29) is 0 Å². The maximum atomic E-state index is 2.18. The maximum absolute atomic E-state index is 2.18. The standard InChI is InChI=1S/C14H14N2/c1-11-5-3-7-14-13(11)8-10-15-12(2)6-4-9-16(14)15/h3-10H,1-2H3. The molecule has 2 nitrogen and oxygen atoms in total. The highest BCUT2D eigenvalue weighted by Crippen LogP contribution is 2.33. The normalized spacial score (nSPS) is 17.0. The summed E-state index contributed by atoms with van der Waals surface area (Å²) < 4.78 is 0. The highest BCUT2D eigenvalue weighted by Gasteiger charge is 2.21. The van der Waals surface area contributed by atoms with Gasteiger partial charge in [-0.3, -0.25) is 10.0 Å². The first kappa shape index (κ1) is 9.28. The number of fused-ring (bicyclic) bond motifs is 3. The molecule has 1 aromatic carbocycles. The third-order valence-electron chi connectivity index (χ3n) is 3.09. The first-order chi connectivity index (χ1) is 7.77. The Bertz CT molecular complexity index is 524. The quantitative estimate of drug-likeness (QED) is 0.647. The fourth-order valence-electron chi connectivity index (χ4n) is 2.19. The van der Waals surface area contributed by atoms with Gasteiger partial charge in [-0.15, -0.1) is 0 Å². The molecule has 2 heteroatoms. The third kappa shape index (κ3) is 1.20. The van der Waals surface area contributed by atoms with Crippen LogP contribution >= 0.6 is 0 Å². The molecule has 2 heterocycles. The van der Waals surface area contributed by atoms with Crippen molar-refractivity contribution in [3.63, 3.8) is 0 Å². The van der Waals surface area contributed by atoms with E-state index in [0.29, 0.717) is 0 Å². The molecule has 0 saturated heterocycles. The molecule has 2 aliphatic heterocycles. The van der Waals surface area contributed by atoms with Gasteiger partial charge in [-0.2, -0.15) is 0 Å². The van der Waals surface area contributed by atoms with Crippen molar-refractivity contribution < 1.29 is 0 Å². The molecular weight excluding hydrogens is 196 g/mol. The fraction of sp³-hybridized carbons (Fsp3) is 0.143. The zero-order valence-corrected chi connectivity index (χ0v) is 9.51. The van der Waals surface area contributed by atoms with Crippen molar-refractivity contribution >= 4 is 11.8 Å². The zero-order chi connectivity index (χ0) is 11.1. The minimum absolute atomic E-state index is 1.23. The molecule has 0 saturated carbocycles. The average Bonchev–Trinajstić information content (AvgIpc) is 2.30. The molecule has 0 atom stereocenters. The Kier molecular flexibility index (Phi) is 1.90. The van der Waals surface area contributed by atoms with Crippen LogP contribution in [0.25, 0.3) is 6.08 Å². The molecule has 3 rings (SSSR count). The molecule has 0 radical (unpaired) electrons. The number of rotatable bonds is 0. The van der Waals surface area contributed by atoms with Gasteiger partial charge < -0.3 is 0 Å². The number of hydrogen-bond donors (Lipinski definition) is 0. The number of hydrogen-bond acceptors (Lipinski definition) is 2. The second-order valence-electron chi connectivity index (χ2n) is 4.16. The first-order valence-electron chi connectivity index (χ1n) is 5.48. The third-order valence-corrected chi connectivity index (χ3v) is 3.09. The van der Waals surface area contributed by atoms with Crippen LogP contribution in [0.2, 0.25) is 0 Å². The summed E-state index contributed by atoms with van der Waals surface area (Å²) in [6, 6.07) is 6.41. The largest absolute Gasteiger partial charge is 0.261 e. The molecule has 0 fully saturated rings. The molecule has 0 aromatic heterocycles. The van der Waals surface area contributed by atoms with Crippen LogP contribution in [0.4, 0.5) is 5.69 Å². The lowest BCUT2D eigenvalue weighted by Gasteiger charge is -2.39. The Morgan fingerprint density at radius 2 is 1.88 bits per heavy atom. The topological polar surface area (TPSA) is 6.48 Å². The summed E-state index contributed by atoms with van der Waals surface area (Å²) in [6.45, 7) is 4.26. The number of anilines is 1. The molecule has 16 heavy (non-hydrogen) atoms. The van der Waals surface area contributed by atoms with Gasteiger partial charge in [0.05, 0.1) is 5.69 Å². The molecule has 0 unspecified atom stereocenters. The summed E-state index contributed by atoms with van der Waals surface area (Å²) in [5, 5.41) is 4.33. The van der Waals surface area contributed by atoms with E-state index >= 15 is 0 Å². The number of benzene rings is 1. The van der Waals surface area contributed by atoms with E-state index in [1.807, 2.05) is 0 Å². The maximum Gasteiger partial charge on any atom is 0.0705 e. The van der Waals surface area contributed by atoms with Gasteiger partial charge in [0.15, 0.2) is 0 Å². The minimum Gasteiger partial charge on any atom is -0.261 e. The molecule has 0 aliphatic carbocycles. The average molecular weight is 210 g/mol. The van der Waals surface area contributed by atoms with Gasteiger partial charge >= 0.3 is 0 Å². The minimum atomic E-state index is 1.23. The Labute approximate surface area is 95.8 Å². The summed E-state index contributed by atoms with van der Waals surface area (Å²) in [7, 11) is 0. The van der Waals surface area contributed by atoms with Crippen LogP contribution in [-0.2, 0) is 0 Å². The number of nitrogens with zero attached hydrogens (tertiary/aromatic N) is 2. The highest BCUT2D eigenvalue weighted by molar-refractivity contribution is 5.74. The summed E-state index contributed by atoms with van der Waals surface area (Å²) in [5.74, 6) is 0. The summed E-state index contributed by atoms with van der Waals surface area (Å²) in [5.41, 5.74) is 5.09. The zero-order valence-electron chi connectivity index (χ0n) is 9.51. The Morgan fingerprint density at radius 3 is 2.75 bits per heavy atom.